The predicted molar refractivity (Wildman–Crippen MR) is 71.0 cm³/mol. The molecule has 0 radical (unpaired) electrons. The minimum atomic E-state index is 0.0562. The maximum absolute atomic E-state index is 12.0. The fourth-order valence-electron chi connectivity index (χ4n) is 1.96. The van der Waals surface area contributed by atoms with Crippen LogP contribution in [0.15, 0.2) is 33.7 Å². The smallest absolute Gasteiger partial charge is 0.258 e. The van der Waals surface area contributed by atoms with Crippen molar-refractivity contribution in [2.45, 2.75) is 19.8 Å². The number of fused-ring (bicyclic) bond motifs is 1. The first-order valence-electron chi connectivity index (χ1n) is 5.30. The average Bonchev–Trinajstić information content (AvgIpc) is 2.23. The van der Waals surface area contributed by atoms with Crippen LogP contribution in [0.4, 0.5) is 0 Å². The standard InChI is InChI=1S/C13H14BrNO/c1-8(2)10-7-15(3)13(16)9-5-4-6-11(14)12(9)10/h4-8H,1-3H3. The topological polar surface area (TPSA) is 22.0 Å². The summed E-state index contributed by atoms with van der Waals surface area (Å²) in [5.74, 6) is 0.396. The Morgan fingerprint density at radius 1 is 1.31 bits per heavy atom. The number of rotatable bonds is 1. The van der Waals surface area contributed by atoms with Crippen molar-refractivity contribution >= 4 is 26.7 Å². The normalized spacial score (nSPS) is 11.3. The molecule has 0 saturated heterocycles. The molecule has 0 fully saturated rings. The van der Waals surface area contributed by atoms with Crippen molar-refractivity contribution in [2.24, 2.45) is 7.05 Å². The van der Waals surface area contributed by atoms with Gasteiger partial charge in [-0.3, -0.25) is 4.79 Å². The van der Waals surface area contributed by atoms with E-state index in [0.29, 0.717) is 5.92 Å². The SMILES string of the molecule is CC(C)c1cn(C)c(=O)c2cccc(Br)c12. The van der Waals surface area contributed by atoms with E-state index in [9.17, 15) is 4.79 Å². The Labute approximate surface area is 103 Å². The predicted octanol–water partition coefficient (Wildman–Crippen LogP) is 3.42. The lowest BCUT2D eigenvalue weighted by Crippen LogP contribution is -2.17. The Kier molecular flexibility index (Phi) is 2.89. The van der Waals surface area contributed by atoms with Gasteiger partial charge in [0.05, 0.1) is 0 Å². The molecule has 0 aliphatic rings. The Balaban J connectivity index is 3.02. The van der Waals surface area contributed by atoms with Crippen molar-refractivity contribution in [3.05, 3.63) is 44.8 Å². The van der Waals surface area contributed by atoms with Crippen molar-refractivity contribution in [3.63, 3.8) is 0 Å². The molecule has 84 valence electrons. The summed E-state index contributed by atoms with van der Waals surface area (Å²) in [4.78, 5) is 12.0. The van der Waals surface area contributed by atoms with Gasteiger partial charge in [-0.05, 0) is 23.6 Å². The molecule has 0 saturated carbocycles. The molecule has 0 N–H and O–H groups in total. The maximum atomic E-state index is 12.0. The number of nitrogens with zero attached hydrogens (tertiary/aromatic N) is 1. The maximum Gasteiger partial charge on any atom is 0.258 e. The number of hydrogen-bond acceptors (Lipinski definition) is 1. The molecule has 0 aliphatic carbocycles. The molecule has 2 aromatic rings. The van der Waals surface area contributed by atoms with Crippen LogP contribution in [0.1, 0.15) is 25.3 Å². The Morgan fingerprint density at radius 3 is 2.62 bits per heavy atom. The molecule has 1 aromatic carbocycles. The number of benzene rings is 1. The van der Waals surface area contributed by atoms with Crippen molar-refractivity contribution in [1.29, 1.82) is 0 Å². The number of pyridine rings is 1. The second kappa shape index (κ2) is 4.06. The summed E-state index contributed by atoms with van der Waals surface area (Å²) >= 11 is 3.53. The third-order valence-corrected chi connectivity index (χ3v) is 3.47. The van der Waals surface area contributed by atoms with Gasteiger partial charge in [-0.15, -0.1) is 0 Å². The van der Waals surface area contributed by atoms with E-state index in [1.165, 1.54) is 5.56 Å². The molecule has 0 unspecified atom stereocenters. The molecule has 0 bridgehead atoms. The molecule has 2 nitrogen and oxygen atoms in total. The van der Waals surface area contributed by atoms with Crippen molar-refractivity contribution < 1.29 is 0 Å². The molecular weight excluding hydrogens is 266 g/mol. The first kappa shape index (κ1) is 11.4. The Bertz CT molecular complexity index is 599. The fraction of sp³-hybridized carbons (Fsp3) is 0.308. The van der Waals surface area contributed by atoms with Gasteiger partial charge in [-0.25, -0.2) is 0 Å². The number of halogens is 1. The van der Waals surface area contributed by atoms with Crippen LogP contribution in [0.3, 0.4) is 0 Å². The van der Waals surface area contributed by atoms with Gasteiger partial charge in [0.1, 0.15) is 0 Å². The third kappa shape index (κ3) is 1.69. The molecule has 3 heteroatoms. The van der Waals surface area contributed by atoms with Gasteiger partial charge >= 0.3 is 0 Å². The van der Waals surface area contributed by atoms with Crippen LogP contribution in [0.2, 0.25) is 0 Å². The quantitative estimate of drug-likeness (QED) is 0.784. The largest absolute Gasteiger partial charge is 0.318 e. The molecular formula is C13H14BrNO. The summed E-state index contributed by atoms with van der Waals surface area (Å²) in [7, 11) is 1.80. The second-order valence-corrected chi connectivity index (χ2v) is 5.17. The lowest BCUT2D eigenvalue weighted by atomic mass is 9.98. The number of aromatic nitrogens is 1. The van der Waals surface area contributed by atoms with E-state index in [4.69, 9.17) is 0 Å². The molecule has 16 heavy (non-hydrogen) atoms. The summed E-state index contributed by atoms with van der Waals surface area (Å²) in [6.07, 6.45) is 1.93. The van der Waals surface area contributed by atoms with E-state index in [1.54, 1.807) is 11.6 Å². The van der Waals surface area contributed by atoms with E-state index in [1.807, 2.05) is 24.4 Å². The van der Waals surface area contributed by atoms with Gasteiger partial charge in [0, 0.05) is 28.5 Å². The minimum Gasteiger partial charge on any atom is -0.318 e. The van der Waals surface area contributed by atoms with Gasteiger partial charge in [0.25, 0.3) is 5.56 Å². The third-order valence-electron chi connectivity index (χ3n) is 2.81. The minimum absolute atomic E-state index is 0.0562. The van der Waals surface area contributed by atoms with Crippen LogP contribution in [-0.2, 0) is 7.05 Å². The molecule has 1 heterocycles. The van der Waals surface area contributed by atoms with Crippen molar-refractivity contribution in [3.8, 4) is 0 Å². The van der Waals surface area contributed by atoms with E-state index in [0.717, 1.165) is 15.2 Å². The molecule has 0 spiro atoms. The van der Waals surface area contributed by atoms with Gasteiger partial charge in [0.2, 0.25) is 0 Å². The van der Waals surface area contributed by atoms with E-state index >= 15 is 0 Å². The Morgan fingerprint density at radius 2 is 2.00 bits per heavy atom. The van der Waals surface area contributed by atoms with Gasteiger partial charge in [-0.1, -0.05) is 35.8 Å². The van der Waals surface area contributed by atoms with Gasteiger partial charge in [0.15, 0.2) is 0 Å². The zero-order valence-corrected chi connectivity index (χ0v) is 11.2. The summed E-state index contributed by atoms with van der Waals surface area (Å²) < 4.78 is 2.65. The zero-order valence-electron chi connectivity index (χ0n) is 9.62. The summed E-state index contributed by atoms with van der Waals surface area (Å²) in [6, 6.07) is 5.76. The molecule has 2 rings (SSSR count). The zero-order chi connectivity index (χ0) is 11.9. The van der Waals surface area contributed by atoms with Gasteiger partial charge < -0.3 is 4.57 Å². The highest BCUT2D eigenvalue weighted by molar-refractivity contribution is 9.10. The summed E-state index contributed by atoms with van der Waals surface area (Å²) in [6.45, 7) is 4.28. The average molecular weight is 280 g/mol. The van der Waals surface area contributed by atoms with E-state index in [2.05, 4.69) is 29.8 Å². The molecule has 0 aliphatic heterocycles. The highest BCUT2D eigenvalue weighted by Crippen LogP contribution is 2.29. The van der Waals surface area contributed by atoms with Crippen LogP contribution < -0.4 is 5.56 Å². The number of hydrogen-bond donors (Lipinski definition) is 0. The van der Waals surface area contributed by atoms with Gasteiger partial charge in [-0.2, -0.15) is 0 Å². The lowest BCUT2D eigenvalue weighted by molar-refractivity contribution is 0.809. The van der Waals surface area contributed by atoms with Crippen molar-refractivity contribution in [2.75, 3.05) is 0 Å². The highest BCUT2D eigenvalue weighted by atomic mass is 79.9. The van der Waals surface area contributed by atoms with E-state index < -0.39 is 0 Å². The summed E-state index contributed by atoms with van der Waals surface area (Å²) in [5.41, 5.74) is 1.25. The van der Waals surface area contributed by atoms with Crippen LogP contribution in [0.5, 0.6) is 0 Å². The molecule has 0 amide bonds. The first-order valence-corrected chi connectivity index (χ1v) is 6.09. The highest BCUT2D eigenvalue weighted by Gasteiger charge is 2.11. The van der Waals surface area contributed by atoms with Crippen LogP contribution >= 0.6 is 15.9 Å². The van der Waals surface area contributed by atoms with E-state index in [-0.39, 0.29) is 5.56 Å². The molecule has 1 aromatic heterocycles. The molecule has 0 atom stereocenters. The number of aryl methyl sites for hydroxylation is 1. The first-order chi connectivity index (χ1) is 7.52. The lowest BCUT2D eigenvalue weighted by Gasteiger charge is -2.13. The fourth-order valence-corrected chi connectivity index (χ4v) is 2.55. The van der Waals surface area contributed by atoms with Crippen molar-refractivity contribution in [1.82, 2.24) is 4.57 Å². The van der Waals surface area contributed by atoms with Crippen LogP contribution in [0, 0.1) is 0 Å². The summed E-state index contributed by atoms with van der Waals surface area (Å²) in [5, 5.41) is 1.82. The second-order valence-electron chi connectivity index (χ2n) is 4.32. The van der Waals surface area contributed by atoms with Crippen LogP contribution in [0.25, 0.3) is 10.8 Å². The monoisotopic (exact) mass is 279 g/mol. The van der Waals surface area contributed by atoms with Crippen LogP contribution in [-0.4, -0.2) is 4.57 Å². The Hall–Kier alpha value is -1.09.